The Morgan fingerprint density at radius 1 is 1.20 bits per heavy atom. The summed E-state index contributed by atoms with van der Waals surface area (Å²) in [6, 6.07) is 4.45. The van der Waals surface area contributed by atoms with E-state index in [2.05, 4.69) is 10.2 Å². The van der Waals surface area contributed by atoms with Gasteiger partial charge in [0.05, 0.1) is 5.56 Å². The minimum absolute atomic E-state index is 0.352. The number of benzene rings is 1. The van der Waals surface area contributed by atoms with Gasteiger partial charge in [0.1, 0.15) is 0 Å². The minimum atomic E-state index is -4.28. The van der Waals surface area contributed by atoms with E-state index in [1.165, 1.54) is 17.4 Å². The van der Waals surface area contributed by atoms with E-state index in [0.29, 0.717) is 4.70 Å². The molecule has 0 bridgehead atoms. The molecule has 0 atom stereocenters. The lowest BCUT2D eigenvalue weighted by Gasteiger charge is -2.26. The number of nitrogens with one attached hydrogen (secondary N) is 1. The van der Waals surface area contributed by atoms with Crippen molar-refractivity contribution in [2.75, 3.05) is 26.2 Å². The number of piperazine rings is 1. The molecule has 0 saturated carbocycles. The Morgan fingerprint density at radius 2 is 1.95 bits per heavy atom. The molecule has 0 unspecified atom stereocenters. The number of nitrogens with zero attached hydrogens (tertiary/aromatic N) is 1. The van der Waals surface area contributed by atoms with Gasteiger partial charge in [0, 0.05) is 37.4 Å². The van der Waals surface area contributed by atoms with Crippen molar-refractivity contribution in [2.45, 2.75) is 12.7 Å². The maximum atomic E-state index is 13.0. The van der Waals surface area contributed by atoms with Crippen LogP contribution in [0.1, 0.15) is 11.1 Å². The van der Waals surface area contributed by atoms with E-state index in [0.717, 1.165) is 49.7 Å². The Hall–Kier alpha value is -1.11. The van der Waals surface area contributed by atoms with Gasteiger partial charge in [0.2, 0.25) is 0 Å². The van der Waals surface area contributed by atoms with E-state index < -0.39 is 11.7 Å². The second-order valence-electron chi connectivity index (χ2n) is 4.97. The maximum absolute atomic E-state index is 13.0. The van der Waals surface area contributed by atoms with Gasteiger partial charge in [-0.2, -0.15) is 13.2 Å². The van der Waals surface area contributed by atoms with Crippen LogP contribution in [0.4, 0.5) is 13.2 Å². The van der Waals surface area contributed by atoms with Crippen molar-refractivity contribution in [3.8, 4) is 0 Å². The molecule has 2 aromatic rings. The van der Waals surface area contributed by atoms with Crippen LogP contribution in [0.25, 0.3) is 10.1 Å². The summed E-state index contributed by atoms with van der Waals surface area (Å²) in [6.45, 7) is 4.49. The predicted molar refractivity (Wildman–Crippen MR) is 75.0 cm³/mol. The number of hydrogen-bond donors (Lipinski definition) is 1. The van der Waals surface area contributed by atoms with Crippen LogP contribution >= 0.6 is 11.3 Å². The highest BCUT2D eigenvalue weighted by Crippen LogP contribution is 2.39. The maximum Gasteiger partial charge on any atom is 0.417 e. The predicted octanol–water partition coefficient (Wildman–Crippen LogP) is 3.33. The lowest BCUT2D eigenvalue weighted by molar-refractivity contribution is -0.136. The summed E-state index contributed by atoms with van der Waals surface area (Å²) in [4.78, 5) is 2.28. The van der Waals surface area contributed by atoms with Gasteiger partial charge in [0.15, 0.2) is 0 Å². The molecule has 0 amide bonds. The Bertz CT molecular complexity index is 600. The van der Waals surface area contributed by atoms with Crippen molar-refractivity contribution < 1.29 is 13.2 Å². The third kappa shape index (κ3) is 2.68. The molecule has 1 N–H and O–H groups in total. The molecule has 0 aliphatic carbocycles. The van der Waals surface area contributed by atoms with E-state index in [9.17, 15) is 13.2 Å². The number of halogens is 3. The number of alkyl halides is 3. The molecule has 20 heavy (non-hydrogen) atoms. The molecule has 2 heterocycles. The van der Waals surface area contributed by atoms with Crippen LogP contribution in [0.5, 0.6) is 0 Å². The molecule has 1 aromatic heterocycles. The van der Waals surface area contributed by atoms with Gasteiger partial charge in [-0.05, 0) is 22.4 Å². The molecular weight excluding hydrogens is 285 g/mol. The van der Waals surface area contributed by atoms with Crippen molar-refractivity contribution in [3.05, 3.63) is 34.7 Å². The molecule has 6 heteroatoms. The highest BCUT2D eigenvalue weighted by atomic mass is 32.1. The van der Waals surface area contributed by atoms with Gasteiger partial charge in [-0.3, -0.25) is 4.90 Å². The van der Waals surface area contributed by atoms with Crippen molar-refractivity contribution in [2.24, 2.45) is 0 Å². The summed E-state index contributed by atoms with van der Waals surface area (Å²) >= 11 is 1.19. The summed E-state index contributed by atoms with van der Waals surface area (Å²) in [5, 5.41) is 5.87. The van der Waals surface area contributed by atoms with Crippen LogP contribution in [-0.4, -0.2) is 31.1 Å². The normalized spacial score (nSPS) is 17.8. The van der Waals surface area contributed by atoms with Crippen molar-refractivity contribution in [3.63, 3.8) is 0 Å². The molecule has 0 radical (unpaired) electrons. The molecule has 2 nitrogen and oxygen atoms in total. The summed E-state index contributed by atoms with van der Waals surface area (Å²) in [5.41, 5.74) is 0.476. The summed E-state index contributed by atoms with van der Waals surface area (Å²) in [6.07, 6.45) is -4.28. The first kappa shape index (κ1) is 13.9. The topological polar surface area (TPSA) is 15.3 Å². The smallest absolute Gasteiger partial charge is 0.314 e. The quantitative estimate of drug-likeness (QED) is 0.915. The molecule has 1 aromatic carbocycles. The summed E-state index contributed by atoms with van der Waals surface area (Å²) < 4.78 is 39.3. The molecule has 1 saturated heterocycles. The van der Waals surface area contributed by atoms with Crippen molar-refractivity contribution >= 4 is 21.4 Å². The first-order chi connectivity index (χ1) is 9.55. The van der Waals surface area contributed by atoms with Crippen LogP contribution in [0.3, 0.4) is 0 Å². The van der Waals surface area contributed by atoms with Crippen molar-refractivity contribution in [1.82, 2.24) is 10.2 Å². The number of hydrogen-bond acceptors (Lipinski definition) is 3. The average molecular weight is 300 g/mol. The van der Waals surface area contributed by atoms with Crippen LogP contribution in [-0.2, 0) is 12.7 Å². The molecule has 1 fully saturated rings. The molecule has 1 aliphatic rings. The largest absolute Gasteiger partial charge is 0.417 e. The average Bonchev–Trinajstić information content (AvgIpc) is 2.82. The Balaban J connectivity index is 1.93. The Kier molecular flexibility index (Phi) is 3.70. The third-order valence-electron chi connectivity index (χ3n) is 3.59. The molecule has 3 rings (SSSR count). The first-order valence-electron chi connectivity index (χ1n) is 6.55. The van der Waals surface area contributed by atoms with Gasteiger partial charge in [-0.15, -0.1) is 11.3 Å². The van der Waals surface area contributed by atoms with Gasteiger partial charge in [0.25, 0.3) is 0 Å². The van der Waals surface area contributed by atoms with Gasteiger partial charge < -0.3 is 5.32 Å². The number of thiophene rings is 1. The standard InChI is InChI=1S/C14H15F3N2S/c15-14(16,17)12-3-1-2-11-10(9-20-13(11)12)8-19-6-4-18-5-7-19/h1-3,9,18H,4-8H2. The lowest BCUT2D eigenvalue weighted by Crippen LogP contribution is -2.42. The van der Waals surface area contributed by atoms with Crippen LogP contribution in [0.15, 0.2) is 23.6 Å². The SMILES string of the molecule is FC(F)(F)c1cccc2c(CN3CCNCC3)csc12. The zero-order valence-corrected chi connectivity index (χ0v) is 11.7. The second-order valence-corrected chi connectivity index (χ2v) is 5.85. The fraction of sp³-hybridized carbons (Fsp3) is 0.429. The monoisotopic (exact) mass is 300 g/mol. The van der Waals surface area contributed by atoms with E-state index in [1.807, 2.05) is 5.38 Å². The molecule has 108 valence electrons. The van der Waals surface area contributed by atoms with E-state index in [1.54, 1.807) is 6.07 Å². The summed E-state index contributed by atoms with van der Waals surface area (Å²) in [7, 11) is 0. The van der Waals surface area contributed by atoms with E-state index in [4.69, 9.17) is 0 Å². The minimum Gasteiger partial charge on any atom is -0.314 e. The molecular formula is C14H15F3N2S. The lowest BCUT2D eigenvalue weighted by atomic mass is 10.1. The number of rotatable bonds is 2. The molecule has 1 aliphatic heterocycles. The van der Waals surface area contributed by atoms with Gasteiger partial charge in [-0.1, -0.05) is 12.1 Å². The van der Waals surface area contributed by atoms with Gasteiger partial charge in [-0.25, -0.2) is 0 Å². The van der Waals surface area contributed by atoms with E-state index in [-0.39, 0.29) is 0 Å². The van der Waals surface area contributed by atoms with E-state index >= 15 is 0 Å². The first-order valence-corrected chi connectivity index (χ1v) is 7.43. The van der Waals surface area contributed by atoms with Gasteiger partial charge >= 0.3 is 6.18 Å². The zero-order valence-electron chi connectivity index (χ0n) is 10.8. The highest BCUT2D eigenvalue weighted by molar-refractivity contribution is 7.17. The fourth-order valence-electron chi connectivity index (χ4n) is 2.57. The van der Waals surface area contributed by atoms with Crippen LogP contribution in [0, 0.1) is 0 Å². The fourth-order valence-corrected chi connectivity index (χ4v) is 3.66. The van der Waals surface area contributed by atoms with Crippen LogP contribution in [0.2, 0.25) is 0 Å². The van der Waals surface area contributed by atoms with Crippen molar-refractivity contribution in [1.29, 1.82) is 0 Å². The Morgan fingerprint density at radius 3 is 2.65 bits per heavy atom. The number of fused-ring (bicyclic) bond motifs is 1. The molecule has 0 spiro atoms. The highest BCUT2D eigenvalue weighted by Gasteiger charge is 2.33. The zero-order chi connectivity index (χ0) is 14.2. The van der Waals surface area contributed by atoms with Crippen LogP contribution < -0.4 is 5.32 Å². The Labute approximate surface area is 119 Å². The summed E-state index contributed by atoms with van der Waals surface area (Å²) in [5.74, 6) is 0. The second kappa shape index (κ2) is 5.35. The third-order valence-corrected chi connectivity index (χ3v) is 4.67.